The number of nitrogens with two attached hydrogens (primary N) is 1. The van der Waals surface area contributed by atoms with E-state index in [2.05, 4.69) is 15.0 Å². The number of anilines is 1. The monoisotopic (exact) mass is 333 g/mol. The molecule has 1 saturated heterocycles. The summed E-state index contributed by atoms with van der Waals surface area (Å²) >= 11 is 0. The quantitative estimate of drug-likeness (QED) is 0.539. The van der Waals surface area contributed by atoms with E-state index in [9.17, 15) is 13.8 Å². The van der Waals surface area contributed by atoms with Crippen LogP contribution in [-0.2, 0) is 15.8 Å². The van der Waals surface area contributed by atoms with Gasteiger partial charge in [0.1, 0.15) is 12.3 Å². The molecule has 0 amide bonds. The first kappa shape index (κ1) is 15.1. The second-order valence-corrected chi connectivity index (χ2v) is 6.74. The third-order valence-electron chi connectivity index (χ3n) is 3.41. The molecule has 0 unspecified atom stereocenters. The van der Waals surface area contributed by atoms with Gasteiger partial charge < -0.3 is 24.8 Å². The fourth-order valence-electron chi connectivity index (χ4n) is 2.36. The van der Waals surface area contributed by atoms with Crippen LogP contribution in [0.25, 0.3) is 11.2 Å². The van der Waals surface area contributed by atoms with Crippen molar-refractivity contribution in [3.05, 3.63) is 16.7 Å². The van der Waals surface area contributed by atoms with Crippen LogP contribution < -0.4 is 11.3 Å². The van der Waals surface area contributed by atoms with Crippen molar-refractivity contribution >= 4 is 24.7 Å². The predicted molar refractivity (Wildman–Crippen MR) is 72.8 cm³/mol. The van der Waals surface area contributed by atoms with E-state index in [4.69, 9.17) is 20.3 Å². The molecular weight excluding hydrogens is 320 g/mol. The van der Waals surface area contributed by atoms with Crippen molar-refractivity contribution in [2.75, 3.05) is 5.73 Å². The molecular formula is C10H13FN5O5P. The van der Waals surface area contributed by atoms with E-state index in [1.807, 2.05) is 0 Å². The van der Waals surface area contributed by atoms with Gasteiger partial charge in [0, 0.05) is 6.42 Å². The van der Waals surface area contributed by atoms with Gasteiger partial charge in [0.15, 0.2) is 17.0 Å². The Kier molecular flexibility index (Phi) is 3.52. The van der Waals surface area contributed by atoms with Gasteiger partial charge in [-0.3, -0.25) is 14.3 Å². The average Bonchev–Trinajstić information content (AvgIpc) is 2.95. The molecule has 0 aliphatic carbocycles. The number of fused-ring (bicyclic) bond motifs is 1. The maximum atomic E-state index is 13.9. The summed E-state index contributed by atoms with van der Waals surface area (Å²) < 4.78 is 31.5. The van der Waals surface area contributed by atoms with Gasteiger partial charge in [-0.25, -0.2) is 9.37 Å². The van der Waals surface area contributed by atoms with Crippen LogP contribution in [0.5, 0.6) is 0 Å². The first-order chi connectivity index (χ1) is 10.3. The Bertz CT molecular complexity index is 816. The molecule has 2 aromatic rings. The molecule has 22 heavy (non-hydrogen) atoms. The molecule has 5 N–H and O–H groups in total. The summed E-state index contributed by atoms with van der Waals surface area (Å²) in [7, 11) is -4.52. The van der Waals surface area contributed by atoms with Gasteiger partial charge in [-0.05, 0) is 0 Å². The number of imidazole rings is 1. The summed E-state index contributed by atoms with van der Waals surface area (Å²) in [4.78, 5) is 39.8. The molecule has 1 aliphatic heterocycles. The largest absolute Gasteiger partial charge is 0.369 e. The Balaban J connectivity index is 1.88. The topological polar surface area (TPSA) is 156 Å². The number of ether oxygens (including phenoxy) is 1. The number of aromatic amines is 1. The fraction of sp³-hybridized carbons (Fsp3) is 0.500. The van der Waals surface area contributed by atoms with Crippen LogP contribution in [0.15, 0.2) is 11.1 Å². The molecule has 0 radical (unpaired) electrons. The summed E-state index contributed by atoms with van der Waals surface area (Å²) in [6, 6.07) is 0. The lowest BCUT2D eigenvalue weighted by atomic mass is 10.2. The molecule has 1 fully saturated rings. The van der Waals surface area contributed by atoms with Gasteiger partial charge in [0.2, 0.25) is 5.95 Å². The molecule has 3 rings (SSSR count). The van der Waals surface area contributed by atoms with Crippen molar-refractivity contribution in [3.63, 3.8) is 0 Å². The van der Waals surface area contributed by atoms with Crippen LogP contribution in [0.2, 0.25) is 0 Å². The lowest BCUT2D eigenvalue weighted by Gasteiger charge is -2.15. The van der Waals surface area contributed by atoms with E-state index < -0.39 is 37.7 Å². The van der Waals surface area contributed by atoms with Crippen LogP contribution >= 0.6 is 7.60 Å². The molecule has 120 valence electrons. The summed E-state index contributed by atoms with van der Waals surface area (Å²) in [5, 5.41) is 0. The molecule has 3 heterocycles. The Hall–Kier alpha value is -1.81. The van der Waals surface area contributed by atoms with Crippen LogP contribution in [0.3, 0.4) is 0 Å². The normalized spacial score (nSPS) is 25.9. The van der Waals surface area contributed by atoms with E-state index in [0.717, 1.165) is 0 Å². The van der Waals surface area contributed by atoms with E-state index in [-0.39, 0.29) is 23.7 Å². The van der Waals surface area contributed by atoms with E-state index >= 15 is 0 Å². The molecule has 12 heteroatoms. The van der Waals surface area contributed by atoms with Crippen molar-refractivity contribution < 1.29 is 23.5 Å². The van der Waals surface area contributed by atoms with Crippen molar-refractivity contribution in [3.8, 4) is 0 Å². The minimum atomic E-state index is -4.52. The molecule has 3 atom stereocenters. The number of hydrogen-bond donors (Lipinski definition) is 4. The summed E-state index contributed by atoms with van der Waals surface area (Å²) in [5.74, 6) is -1.58. The van der Waals surface area contributed by atoms with E-state index in [0.29, 0.717) is 0 Å². The number of nitrogen functional groups attached to an aromatic ring is 1. The highest BCUT2D eigenvalue weighted by Gasteiger charge is 2.44. The smallest absolute Gasteiger partial charge is 0.354 e. The van der Waals surface area contributed by atoms with Crippen LogP contribution in [0.4, 0.5) is 10.3 Å². The van der Waals surface area contributed by atoms with Gasteiger partial charge in [-0.2, -0.15) is 4.98 Å². The molecule has 0 saturated carbocycles. The number of H-pyrrole nitrogens is 1. The molecule has 0 bridgehead atoms. The van der Waals surface area contributed by atoms with Gasteiger partial charge >= 0.3 is 7.60 Å². The van der Waals surface area contributed by atoms with Crippen molar-refractivity contribution in [1.82, 2.24) is 19.5 Å². The lowest BCUT2D eigenvalue weighted by Crippen LogP contribution is -2.24. The molecule has 1 aliphatic rings. The highest BCUT2D eigenvalue weighted by molar-refractivity contribution is 7.52. The Morgan fingerprint density at radius 3 is 2.95 bits per heavy atom. The fourth-order valence-corrected chi connectivity index (χ4v) is 3.15. The Labute approximate surface area is 122 Å². The van der Waals surface area contributed by atoms with Crippen molar-refractivity contribution in [2.24, 2.45) is 0 Å². The zero-order valence-corrected chi connectivity index (χ0v) is 12.0. The third kappa shape index (κ3) is 2.63. The van der Waals surface area contributed by atoms with Crippen LogP contribution in [0.1, 0.15) is 6.42 Å². The maximum absolute atomic E-state index is 13.9. The van der Waals surface area contributed by atoms with Crippen LogP contribution in [-0.4, -0.2) is 47.4 Å². The minimum Gasteiger partial charge on any atom is -0.369 e. The SMILES string of the molecule is Nc1nc2c(ncn2C[C@H]2O[C@H](P(=O)(O)O)C[C@H]2F)c(=O)[nH]1. The number of alkyl halides is 1. The molecule has 10 nitrogen and oxygen atoms in total. The van der Waals surface area contributed by atoms with E-state index in [1.165, 1.54) is 10.9 Å². The second kappa shape index (κ2) is 5.13. The predicted octanol–water partition coefficient (Wildman–Crippen LogP) is -0.667. The number of aromatic nitrogens is 4. The second-order valence-electron chi connectivity index (χ2n) is 4.99. The molecule has 0 aromatic carbocycles. The Morgan fingerprint density at radius 2 is 2.32 bits per heavy atom. The zero-order valence-electron chi connectivity index (χ0n) is 11.1. The van der Waals surface area contributed by atoms with Crippen molar-refractivity contribution in [2.45, 2.75) is 31.1 Å². The van der Waals surface area contributed by atoms with Gasteiger partial charge in [0.05, 0.1) is 12.9 Å². The highest BCUT2D eigenvalue weighted by atomic mass is 31.2. The first-order valence-corrected chi connectivity index (χ1v) is 7.99. The van der Waals surface area contributed by atoms with Gasteiger partial charge in [-0.15, -0.1) is 0 Å². The molecule has 0 spiro atoms. The number of halogens is 1. The maximum Gasteiger partial charge on any atom is 0.354 e. The van der Waals surface area contributed by atoms with Crippen LogP contribution in [0, 0.1) is 0 Å². The van der Waals surface area contributed by atoms with Gasteiger partial charge in [-0.1, -0.05) is 0 Å². The minimum absolute atomic E-state index is 0.0362. The third-order valence-corrected chi connectivity index (χ3v) is 4.49. The summed E-state index contributed by atoms with van der Waals surface area (Å²) in [5.41, 5.74) is 5.11. The number of hydrogen-bond acceptors (Lipinski definition) is 6. The molecule has 2 aromatic heterocycles. The average molecular weight is 333 g/mol. The van der Waals surface area contributed by atoms with Crippen molar-refractivity contribution in [1.29, 1.82) is 0 Å². The summed E-state index contributed by atoms with van der Waals surface area (Å²) in [6.07, 6.45) is -1.74. The number of rotatable bonds is 3. The number of nitrogens with zero attached hydrogens (tertiary/aromatic N) is 3. The standard InChI is InChI=1S/C10H13FN5O5P/c11-4-1-6(22(18,19)20)21-5(4)2-16-3-13-7-8(16)14-10(12)15-9(7)17/h3-6H,1-2H2,(H2,18,19,20)(H3,12,14,15,17)/t4-,5-,6-/m1/s1. The lowest BCUT2D eigenvalue weighted by molar-refractivity contribution is 0.0400. The first-order valence-electron chi connectivity index (χ1n) is 6.31. The number of nitrogens with one attached hydrogen (secondary N) is 1. The summed E-state index contributed by atoms with van der Waals surface area (Å²) in [6.45, 7) is -0.0932. The highest BCUT2D eigenvalue weighted by Crippen LogP contribution is 2.48. The van der Waals surface area contributed by atoms with Gasteiger partial charge in [0.25, 0.3) is 5.56 Å². The van der Waals surface area contributed by atoms with E-state index in [1.54, 1.807) is 0 Å². The Morgan fingerprint density at radius 1 is 1.59 bits per heavy atom. The zero-order chi connectivity index (χ0) is 16.1.